The molecule has 0 amide bonds. The Morgan fingerprint density at radius 2 is 1.58 bits per heavy atom. The highest BCUT2D eigenvalue weighted by Gasteiger charge is 2.30. The molecule has 3 aromatic carbocycles. The number of alkyl halides is 3. The lowest BCUT2D eigenvalue weighted by Crippen LogP contribution is -2.05. The van der Waals surface area contributed by atoms with Gasteiger partial charge in [0.2, 0.25) is 0 Å². The number of hydrogen-bond donors (Lipinski definition) is 1. The maximum atomic E-state index is 12.9. The summed E-state index contributed by atoms with van der Waals surface area (Å²) in [7, 11) is 0. The molecule has 0 aliphatic rings. The zero-order chi connectivity index (χ0) is 25.9. The number of benzene rings is 3. The number of rotatable bonds is 8. The summed E-state index contributed by atoms with van der Waals surface area (Å²) in [6.07, 6.45) is -3.49. The van der Waals surface area contributed by atoms with Gasteiger partial charge >= 0.3 is 6.18 Å². The van der Waals surface area contributed by atoms with Crippen LogP contribution < -0.4 is 0 Å². The van der Waals surface area contributed by atoms with Gasteiger partial charge in [-0.05, 0) is 94.6 Å². The second-order valence-electron chi connectivity index (χ2n) is 8.11. The molecule has 4 rings (SSSR count). The van der Waals surface area contributed by atoms with Crippen molar-refractivity contribution in [3.63, 3.8) is 0 Å². The standard InChI is InChI=1S/C27H20Cl2F3IO2S/c28-25-18(5-11-21(34)26(25)29)6-12-22(35-15-16-1-9-20(33)10-2-16)24-14-13-23(36-24)17-3-7-19(8-4-17)27(30,31)32/h1-5,7-11,13-14,22,34H,6,12,15H2. The molecule has 9 heteroatoms. The first-order valence-electron chi connectivity index (χ1n) is 10.9. The molecule has 1 atom stereocenters. The van der Waals surface area contributed by atoms with Gasteiger partial charge < -0.3 is 9.84 Å². The van der Waals surface area contributed by atoms with Crippen molar-refractivity contribution >= 4 is 57.1 Å². The Labute approximate surface area is 234 Å². The third kappa shape index (κ3) is 6.75. The molecule has 0 fully saturated rings. The summed E-state index contributed by atoms with van der Waals surface area (Å²) >= 11 is 16.2. The molecule has 1 N–H and O–H groups in total. The summed E-state index contributed by atoms with van der Waals surface area (Å²) < 4.78 is 46.2. The molecule has 0 aliphatic carbocycles. The molecule has 4 aromatic rings. The first-order chi connectivity index (χ1) is 17.1. The van der Waals surface area contributed by atoms with Crippen LogP contribution >= 0.6 is 57.1 Å². The summed E-state index contributed by atoms with van der Waals surface area (Å²) in [6, 6.07) is 20.3. The van der Waals surface area contributed by atoms with Crippen LogP contribution in [-0.2, 0) is 23.9 Å². The van der Waals surface area contributed by atoms with Gasteiger partial charge in [0.1, 0.15) is 10.8 Å². The van der Waals surface area contributed by atoms with Crippen LogP contribution in [-0.4, -0.2) is 5.11 Å². The first kappa shape index (κ1) is 27.3. The number of phenols is 1. The molecule has 0 bridgehead atoms. The second kappa shape index (κ2) is 11.7. The van der Waals surface area contributed by atoms with E-state index >= 15 is 0 Å². The van der Waals surface area contributed by atoms with Crippen LogP contribution in [0.1, 0.15) is 34.1 Å². The van der Waals surface area contributed by atoms with E-state index in [9.17, 15) is 18.3 Å². The van der Waals surface area contributed by atoms with Crippen LogP contribution in [0.3, 0.4) is 0 Å². The molecule has 1 heterocycles. The van der Waals surface area contributed by atoms with Gasteiger partial charge in [0.05, 0.1) is 23.3 Å². The Bertz CT molecular complexity index is 1320. The van der Waals surface area contributed by atoms with Crippen molar-refractivity contribution in [1.82, 2.24) is 0 Å². The first-order valence-corrected chi connectivity index (χ1v) is 13.6. The maximum Gasteiger partial charge on any atom is 0.416 e. The number of halogens is 6. The fourth-order valence-electron chi connectivity index (χ4n) is 3.65. The van der Waals surface area contributed by atoms with E-state index in [2.05, 4.69) is 22.6 Å². The summed E-state index contributed by atoms with van der Waals surface area (Å²) in [4.78, 5) is 1.81. The molecule has 0 spiro atoms. The van der Waals surface area contributed by atoms with E-state index < -0.39 is 11.7 Å². The van der Waals surface area contributed by atoms with Crippen molar-refractivity contribution in [2.75, 3.05) is 0 Å². The monoisotopic (exact) mass is 662 g/mol. The molecule has 0 saturated carbocycles. The zero-order valence-electron chi connectivity index (χ0n) is 18.7. The highest BCUT2D eigenvalue weighted by molar-refractivity contribution is 14.1. The van der Waals surface area contributed by atoms with Crippen LogP contribution in [0, 0.1) is 3.57 Å². The molecule has 36 heavy (non-hydrogen) atoms. The summed E-state index contributed by atoms with van der Waals surface area (Å²) in [6.45, 7) is 0.402. The number of aryl methyl sites for hydroxylation is 1. The van der Waals surface area contributed by atoms with Crippen molar-refractivity contribution in [3.05, 3.63) is 108 Å². The SMILES string of the molecule is Oc1ccc(CCC(OCc2ccc(I)cc2)c2ccc(-c3ccc(C(F)(F)F)cc3)s2)c(Cl)c1Cl. The molecular formula is C27H20Cl2F3IO2S. The van der Waals surface area contributed by atoms with Crippen LogP contribution in [0.15, 0.2) is 72.8 Å². The summed E-state index contributed by atoms with van der Waals surface area (Å²) in [5.41, 5.74) is 1.86. The lowest BCUT2D eigenvalue weighted by molar-refractivity contribution is -0.137. The van der Waals surface area contributed by atoms with E-state index in [1.165, 1.54) is 29.5 Å². The van der Waals surface area contributed by atoms with E-state index in [-0.39, 0.29) is 16.9 Å². The maximum absolute atomic E-state index is 12.9. The molecule has 2 nitrogen and oxygen atoms in total. The van der Waals surface area contributed by atoms with Gasteiger partial charge in [0.25, 0.3) is 0 Å². The van der Waals surface area contributed by atoms with Crippen LogP contribution in [0.2, 0.25) is 10.0 Å². The van der Waals surface area contributed by atoms with Gasteiger partial charge in [-0.1, -0.05) is 53.5 Å². The molecular weight excluding hydrogens is 643 g/mol. The van der Waals surface area contributed by atoms with E-state index in [1.54, 1.807) is 6.07 Å². The molecule has 1 unspecified atom stereocenters. The predicted octanol–water partition coefficient (Wildman–Crippen LogP) is 9.94. The van der Waals surface area contributed by atoms with Crippen molar-refractivity contribution in [3.8, 4) is 16.2 Å². The fourth-order valence-corrected chi connectivity index (χ4v) is 5.54. The minimum Gasteiger partial charge on any atom is -0.506 e. The summed E-state index contributed by atoms with van der Waals surface area (Å²) in [5, 5.41) is 10.2. The molecule has 0 saturated heterocycles. The second-order valence-corrected chi connectivity index (χ2v) is 11.2. The third-order valence-electron chi connectivity index (χ3n) is 5.62. The lowest BCUT2D eigenvalue weighted by Gasteiger charge is -2.18. The van der Waals surface area contributed by atoms with Crippen LogP contribution in [0.5, 0.6) is 5.75 Å². The van der Waals surface area contributed by atoms with Crippen molar-refractivity contribution in [2.24, 2.45) is 0 Å². The number of aromatic hydroxyl groups is 1. The minimum atomic E-state index is -4.37. The van der Waals surface area contributed by atoms with E-state index in [0.717, 1.165) is 36.6 Å². The van der Waals surface area contributed by atoms with E-state index in [4.69, 9.17) is 27.9 Å². The van der Waals surface area contributed by atoms with Gasteiger partial charge in [-0.3, -0.25) is 0 Å². The topological polar surface area (TPSA) is 29.5 Å². The third-order valence-corrected chi connectivity index (χ3v) is 8.48. The molecule has 0 radical (unpaired) electrons. The Balaban J connectivity index is 1.55. The average molecular weight is 663 g/mol. The number of thiophene rings is 1. The van der Waals surface area contributed by atoms with Crippen LogP contribution in [0.25, 0.3) is 10.4 Å². The fraction of sp³-hybridized carbons (Fsp3) is 0.185. The predicted molar refractivity (Wildman–Crippen MR) is 148 cm³/mol. The van der Waals surface area contributed by atoms with E-state index in [0.29, 0.717) is 30.0 Å². The number of phenolic OH excluding ortho intramolecular Hbond substituents is 1. The van der Waals surface area contributed by atoms with Gasteiger partial charge in [0.15, 0.2) is 0 Å². The number of ether oxygens (including phenoxy) is 1. The lowest BCUT2D eigenvalue weighted by atomic mass is 10.0. The van der Waals surface area contributed by atoms with Crippen LogP contribution in [0.4, 0.5) is 13.2 Å². The number of hydrogen-bond acceptors (Lipinski definition) is 3. The highest BCUT2D eigenvalue weighted by Crippen LogP contribution is 2.39. The average Bonchev–Trinajstić information content (AvgIpc) is 3.34. The molecule has 0 aliphatic heterocycles. The quantitative estimate of drug-likeness (QED) is 0.190. The van der Waals surface area contributed by atoms with Gasteiger partial charge in [-0.15, -0.1) is 11.3 Å². The van der Waals surface area contributed by atoms with Crippen molar-refractivity contribution in [1.29, 1.82) is 0 Å². The van der Waals surface area contributed by atoms with Gasteiger partial charge in [0, 0.05) is 13.3 Å². The summed E-state index contributed by atoms with van der Waals surface area (Å²) in [5.74, 6) is -0.0728. The Morgan fingerprint density at radius 3 is 2.25 bits per heavy atom. The van der Waals surface area contributed by atoms with Crippen molar-refractivity contribution < 1.29 is 23.0 Å². The van der Waals surface area contributed by atoms with E-state index in [1.807, 2.05) is 36.4 Å². The largest absolute Gasteiger partial charge is 0.506 e. The smallest absolute Gasteiger partial charge is 0.416 e. The van der Waals surface area contributed by atoms with Gasteiger partial charge in [-0.25, -0.2) is 0 Å². The normalized spacial score (nSPS) is 12.6. The highest BCUT2D eigenvalue weighted by atomic mass is 127. The van der Waals surface area contributed by atoms with Gasteiger partial charge in [-0.2, -0.15) is 13.2 Å². The van der Waals surface area contributed by atoms with Crippen molar-refractivity contribution in [2.45, 2.75) is 31.7 Å². The Kier molecular flexibility index (Phi) is 8.88. The zero-order valence-corrected chi connectivity index (χ0v) is 23.1. The Hall–Kier alpha value is -1.78. The Morgan fingerprint density at radius 1 is 0.889 bits per heavy atom. The minimum absolute atomic E-state index is 0.0728. The molecule has 1 aromatic heterocycles. The molecule has 188 valence electrons.